The maximum absolute atomic E-state index is 11.9. The van der Waals surface area contributed by atoms with E-state index in [0.29, 0.717) is 28.6 Å². The van der Waals surface area contributed by atoms with Gasteiger partial charge in [0.25, 0.3) is 0 Å². The zero-order valence-electron chi connectivity index (χ0n) is 13.5. The minimum atomic E-state index is -0.634. The predicted molar refractivity (Wildman–Crippen MR) is 91.2 cm³/mol. The molecule has 0 fully saturated rings. The number of imide groups is 1. The second-order valence-corrected chi connectivity index (χ2v) is 5.12. The van der Waals surface area contributed by atoms with Crippen LogP contribution in [0, 0.1) is 0 Å². The highest BCUT2D eigenvalue weighted by molar-refractivity contribution is 6.02. The van der Waals surface area contributed by atoms with Crippen molar-refractivity contribution < 1.29 is 23.8 Å². The maximum atomic E-state index is 11.9. The molecule has 0 bridgehead atoms. The van der Waals surface area contributed by atoms with Gasteiger partial charge in [-0.25, -0.2) is 4.79 Å². The Morgan fingerprint density at radius 1 is 1.12 bits per heavy atom. The van der Waals surface area contributed by atoms with Crippen molar-refractivity contribution in [2.45, 2.75) is 0 Å². The molecule has 0 unspecified atom stereocenters. The largest absolute Gasteiger partial charge is 0.495 e. The Kier molecular flexibility index (Phi) is 4.89. The molecule has 25 heavy (non-hydrogen) atoms. The molecule has 8 nitrogen and oxygen atoms in total. The molecule has 0 atom stereocenters. The van der Waals surface area contributed by atoms with Crippen LogP contribution in [0.4, 0.5) is 16.2 Å². The Hall–Kier alpha value is -3.42. The molecule has 0 saturated heterocycles. The first-order valence-electron chi connectivity index (χ1n) is 7.53. The smallest absolute Gasteiger partial charge is 0.325 e. The van der Waals surface area contributed by atoms with Crippen molar-refractivity contribution in [1.82, 2.24) is 5.32 Å². The summed E-state index contributed by atoms with van der Waals surface area (Å²) in [6, 6.07) is 11.5. The first-order chi connectivity index (χ1) is 12.2. The van der Waals surface area contributed by atoms with Crippen molar-refractivity contribution in [3.63, 3.8) is 0 Å². The molecule has 8 heteroatoms. The van der Waals surface area contributed by atoms with Crippen LogP contribution in [0.3, 0.4) is 0 Å². The third-order valence-corrected chi connectivity index (χ3v) is 3.43. The van der Waals surface area contributed by atoms with Crippen LogP contribution in [-0.2, 0) is 4.79 Å². The third-order valence-electron chi connectivity index (χ3n) is 3.43. The zero-order chi connectivity index (χ0) is 17.6. The number of fused-ring (bicyclic) bond motifs is 1. The summed E-state index contributed by atoms with van der Waals surface area (Å²) in [5, 5.41) is 7.72. The van der Waals surface area contributed by atoms with Crippen LogP contribution in [0.5, 0.6) is 17.2 Å². The molecule has 0 aliphatic carbocycles. The number of hydrogen-bond acceptors (Lipinski definition) is 6. The van der Waals surface area contributed by atoms with Gasteiger partial charge < -0.3 is 24.8 Å². The Bertz CT molecular complexity index is 794. The van der Waals surface area contributed by atoms with Gasteiger partial charge in [-0.2, -0.15) is 0 Å². The van der Waals surface area contributed by atoms with E-state index in [9.17, 15) is 9.59 Å². The van der Waals surface area contributed by atoms with Gasteiger partial charge in [0.1, 0.15) is 5.75 Å². The van der Waals surface area contributed by atoms with Gasteiger partial charge in [0.2, 0.25) is 12.7 Å². The molecule has 0 radical (unpaired) electrons. The quantitative estimate of drug-likeness (QED) is 0.770. The van der Waals surface area contributed by atoms with Crippen molar-refractivity contribution in [2.24, 2.45) is 0 Å². The molecule has 3 N–H and O–H groups in total. The SMILES string of the molecule is COc1ccccc1NCC(=O)NC(=O)Nc1ccc2c(c1)OCO2. The topological polar surface area (TPSA) is 97.9 Å². The average Bonchev–Trinajstić information content (AvgIpc) is 3.07. The van der Waals surface area contributed by atoms with Crippen LogP contribution in [0.2, 0.25) is 0 Å². The average molecular weight is 343 g/mol. The van der Waals surface area contributed by atoms with Crippen molar-refractivity contribution in [2.75, 3.05) is 31.1 Å². The highest BCUT2D eigenvalue weighted by atomic mass is 16.7. The Morgan fingerprint density at radius 3 is 2.76 bits per heavy atom. The van der Waals surface area contributed by atoms with Gasteiger partial charge in [-0.05, 0) is 24.3 Å². The van der Waals surface area contributed by atoms with E-state index in [1.807, 2.05) is 12.1 Å². The summed E-state index contributed by atoms with van der Waals surface area (Å²) >= 11 is 0. The van der Waals surface area contributed by atoms with Crippen LogP contribution < -0.4 is 30.2 Å². The van der Waals surface area contributed by atoms with Crippen molar-refractivity contribution in [3.05, 3.63) is 42.5 Å². The van der Waals surface area contributed by atoms with Crippen LogP contribution in [-0.4, -0.2) is 32.4 Å². The summed E-state index contributed by atoms with van der Waals surface area (Å²) in [5.41, 5.74) is 1.16. The molecule has 2 aromatic carbocycles. The molecule has 3 rings (SSSR count). The monoisotopic (exact) mass is 343 g/mol. The number of ether oxygens (including phenoxy) is 3. The number of hydrogen-bond donors (Lipinski definition) is 3. The Balaban J connectivity index is 1.50. The number of urea groups is 1. The summed E-state index contributed by atoms with van der Waals surface area (Å²) < 4.78 is 15.6. The number of benzene rings is 2. The summed E-state index contributed by atoms with van der Waals surface area (Å²) in [5.74, 6) is 1.29. The Labute approximate surface area is 144 Å². The normalized spacial score (nSPS) is 11.6. The van der Waals surface area contributed by atoms with Gasteiger partial charge >= 0.3 is 6.03 Å². The van der Waals surface area contributed by atoms with Gasteiger partial charge in [0, 0.05) is 11.8 Å². The number of amides is 3. The maximum Gasteiger partial charge on any atom is 0.325 e. The standard InChI is InChI=1S/C17H17N3O5/c1-23-13-5-3-2-4-12(13)18-9-16(21)20-17(22)19-11-6-7-14-15(8-11)25-10-24-14/h2-8,18H,9-10H2,1H3,(H2,19,20,21,22). The van der Waals surface area contributed by atoms with E-state index in [0.717, 1.165) is 0 Å². The summed E-state index contributed by atoms with van der Waals surface area (Å²) in [6.45, 7) is 0.0764. The third kappa shape index (κ3) is 4.11. The molecule has 0 aromatic heterocycles. The van der Waals surface area contributed by atoms with Crippen LogP contribution in [0.25, 0.3) is 0 Å². The first-order valence-corrected chi connectivity index (χ1v) is 7.53. The number of carbonyl (C=O) groups excluding carboxylic acids is 2. The second-order valence-electron chi connectivity index (χ2n) is 5.12. The minimum absolute atomic E-state index is 0.0745. The van der Waals surface area contributed by atoms with E-state index >= 15 is 0 Å². The molecule has 3 amide bonds. The molecule has 1 aliphatic rings. The number of methoxy groups -OCH3 is 1. The van der Waals surface area contributed by atoms with Gasteiger partial charge in [0.15, 0.2) is 11.5 Å². The lowest BCUT2D eigenvalue weighted by Crippen LogP contribution is -2.38. The lowest BCUT2D eigenvalue weighted by molar-refractivity contribution is -0.118. The molecule has 0 saturated carbocycles. The molecule has 1 heterocycles. The van der Waals surface area contributed by atoms with Crippen LogP contribution in [0.15, 0.2) is 42.5 Å². The molecular weight excluding hydrogens is 326 g/mol. The second kappa shape index (κ2) is 7.43. The van der Waals surface area contributed by atoms with Crippen molar-refractivity contribution in [3.8, 4) is 17.2 Å². The van der Waals surface area contributed by atoms with Crippen LogP contribution in [0.1, 0.15) is 0 Å². The van der Waals surface area contributed by atoms with Gasteiger partial charge in [-0.15, -0.1) is 0 Å². The summed E-state index contributed by atoms with van der Waals surface area (Å²) in [6.07, 6.45) is 0. The van der Waals surface area contributed by atoms with Crippen molar-refractivity contribution >= 4 is 23.3 Å². The van der Waals surface area contributed by atoms with Gasteiger partial charge in [-0.1, -0.05) is 12.1 Å². The highest BCUT2D eigenvalue weighted by Crippen LogP contribution is 2.34. The lowest BCUT2D eigenvalue weighted by Gasteiger charge is -2.11. The number of rotatable bonds is 5. The van der Waals surface area contributed by atoms with E-state index < -0.39 is 11.9 Å². The fraction of sp³-hybridized carbons (Fsp3) is 0.176. The van der Waals surface area contributed by atoms with Crippen LogP contribution >= 0.6 is 0 Å². The summed E-state index contributed by atoms with van der Waals surface area (Å²) in [7, 11) is 1.54. The van der Waals surface area contributed by atoms with E-state index in [1.165, 1.54) is 0 Å². The molecule has 130 valence electrons. The van der Waals surface area contributed by atoms with E-state index in [1.54, 1.807) is 37.4 Å². The highest BCUT2D eigenvalue weighted by Gasteiger charge is 2.15. The fourth-order valence-corrected chi connectivity index (χ4v) is 2.27. The number of nitrogens with one attached hydrogen (secondary N) is 3. The lowest BCUT2D eigenvalue weighted by atomic mass is 10.3. The molecule has 1 aliphatic heterocycles. The summed E-state index contributed by atoms with van der Waals surface area (Å²) in [4.78, 5) is 23.8. The van der Waals surface area contributed by atoms with Gasteiger partial charge in [0.05, 0.1) is 19.3 Å². The fourth-order valence-electron chi connectivity index (χ4n) is 2.27. The van der Waals surface area contributed by atoms with Crippen molar-refractivity contribution in [1.29, 1.82) is 0 Å². The minimum Gasteiger partial charge on any atom is -0.495 e. The zero-order valence-corrected chi connectivity index (χ0v) is 13.5. The molecule has 2 aromatic rings. The van der Waals surface area contributed by atoms with E-state index in [2.05, 4.69) is 16.0 Å². The van der Waals surface area contributed by atoms with E-state index in [4.69, 9.17) is 14.2 Å². The van der Waals surface area contributed by atoms with E-state index in [-0.39, 0.29) is 13.3 Å². The van der Waals surface area contributed by atoms with Gasteiger partial charge in [-0.3, -0.25) is 10.1 Å². The number of carbonyl (C=O) groups is 2. The Morgan fingerprint density at radius 2 is 1.92 bits per heavy atom. The molecular formula is C17H17N3O5. The predicted octanol–water partition coefficient (Wildman–Crippen LogP) is 2.18. The number of anilines is 2. The molecule has 0 spiro atoms. The first kappa shape index (κ1) is 16.4. The number of para-hydroxylation sites is 2.